The van der Waals surface area contributed by atoms with Gasteiger partial charge in [0.25, 0.3) is 0 Å². The van der Waals surface area contributed by atoms with Crippen molar-refractivity contribution in [2.24, 2.45) is 5.92 Å². The van der Waals surface area contributed by atoms with Crippen LogP contribution in [0.4, 0.5) is 0 Å². The van der Waals surface area contributed by atoms with E-state index in [0.717, 1.165) is 12.8 Å². The molecule has 1 aliphatic rings. The molecule has 1 unspecified atom stereocenters. The lowest BCUT2D eigenvalue weighted by atomic mass is 10.2. The first-order valence-corrected chi connectivity index (χ1v) is 7.45. The predicted molar refractivity (Wildman–Crippen MR) is 68.6 cm³/mol. The lowest BCUT2D eigenvalue weighted by Crippen LogP contribution is -2.35. The van der Waals surface area contributed by atoms with Gasteiger partial charge in [0.1, 0.15) is 10.9 Å². The van der Waals surface area contributed by atoms with Gasteiger partial charge in [0.2, 0.25) is 10.0 Å². The average Bonchev–Trinajstić information content (AvgIpc) is 3.20. The maximum absolute atomic E-state index is 12.2. The summed E-state index contributed by atoms with van der Waals surface area (Å²) >= 11 is 5.85. The molecule has 0 spiro atoms. The Hall–Kier alpha value is -1.60. The Morgan fingerprint density at radius 1 is 1.37 bits per heavy atom. The normalized spacial score (nSPS) is 16.4. The zero-order chi connectivity index (χ0) is 14.0. The highest BCUT2D eigenvalue weighted by Gasteiger charge is 2.35. The van der Waals surface area contributed by atoms with Gasteiger partial charge in [0.05, 0.1) is 22.7 Å². The Bertz CT molecular complexity index is 684. The number of hydrogen-bond donors (Lipinski definition) is 1. The summed E-state index contributed by atoms with van der Waals surface area (Å²) in [4.78, 5) is -0.172. The van der Waals surface area contributed by atoms with E-state index >= 15 is 0 Å². The molecule has 0 aromatic heterocycles. The molecule has 0 radical (unpaired) electrons. The van der Waals surface area contributed by atoms with Crippen molar-refractivity contribution in [3.8, 4) is 12.1 Å². The standard InChI is InChI=1S/C12H10ClN3O2S/c13-10-4-1-8(6-14)5-12(10)19(17,18)16-11(7-15)9-2-3-9/h1,4-5,9,11,16H,2-3H2. The highest BCUT2D eigenvalue weighted by molar-refractivity contribution is 7.89. The van der Waals surface area contributed by atoms with E-state index in [0.29, 0.717) is 0 Å². The zero-order valence-electron chi connectivity index (χ0n) is 9.80. The van der Waals surface area contributed by atoms with E-state index in [9.17, 15) is 8.42 Å². The average molecular weight is 296 g/mol. The van der Waals surface area contributed by atoms with Crippen LogP contribution in [-0.4, -0.2) is 14.5 Å². The topological polar surface area (TPSA) is 93.8 Å². The van der Waals surface area contributed by atoms with E-state index < -0.39 is 16.1 Å². The number of benzene rings is 1. The first-order chi connectivity index (χ1) is 8.97. The molecule has 1 aromatic rings. The second kappa shape index (κ2) is 5.18. The Labute approximate surface area is 116 Å². The van der Waals surface area contributed by atoms with Crippen LogP contribution in [0.3, 0.4) is 0 Å². The molecule has 7 heteroatoms. The number of nitrogens with one attached hydrogen (secondary N) is 1. The largest absolute Gasteiger partial charge is 0.243 e. The minimum atomic E-state index is -3.90. The molecule has 1 saturated carbocycles. The number of nitriles is 2. The molecule has 1 aliphatic carbocycles. The molecule has 2 rings (SSSR count). The summed E-state index contributed by atoms with van der Waals surface area (Å²) in [6, 6.07) is 7.04. The van der Waals surface area contributed by atoms with Crippen molar-refractivity contribution < 1.29 is 8.42 Å². The molecule has 1 N–H and O–H groups in total. The first kappa shape index (κ1) is 13.8. The number of halogens is 1. The fraction of sp³-hybridized carbons (Fsp3) is 0.333. The van der Waals surface area contributed by atoms with E-state index in [1.165, 1.54) is 18.2 Å². The number of rotatable bonds is 4. The van der Waals surface area contributed by atoms with Crippen molar-refractivity contribution in [3.63, 3.8) is 0 Å². The van der Waals surface area contributed by atoms with Crippen LogP contribution in [0.25, 0.3) is 0 Å². The number of hydrogen-bond acceptors (Lipinski definition) is 4. The maximum atomic E-state index is 12.2. The summed E-state index contributed by atoms with van der Waals surface area (Å²) in [7, 11) is -3.90. The number of sulfonamides is 1. The SMILES string of the molecule is N#Cc1ccc(Cl)c(S(=O)(=O)NC(C#N)C2CC2)c1. The van der Waals surface area contributed by atoms with Crippen molar-refractivity contribution >= 4 is 21.6 Å². The first-order valence-electron chi connectivity index (χ1n) is 5.59. The Balaban J connectivity index is 2.34. The minimum Gasteiger partial charge on any atom is -0.207 e. The highest BCUT2D eigenvalue weighted by Crippen LogP contribution is 2.33. The smallest absolute Gasteiger partial charge is 0.207 e. The molecule has 0 aliphatic heterocycles. The third-order valence-corrected chi connectivity index (χ3v) is 4.79. The lowest BCUT2D eigenvalue weighted by molar-refractivity contribution is 0.560. The molecule has 0 saturated heterocycles. The number of nitrogens with zero attached hydrogens (tertiary/aromatic N) is 2. The molecule has 98 valence electrons. The summed E-state index contributed by atoms with van der Waals surface area (Å²) in [5.41, 5.74) is 0.199. The van der Waals surface area contributed by atoms with Crippen LogP contribution in [0.1, 0.15) is 18.4 Å². The van der Waals surface area contributed by atoms with Gasteiger partial charge < -0.3 is 0 Å². The van der Waals surface area contributed by atoms with Gasteiger partial charge in [-0.05, 0) is 37.0 Å². The molecule has 1 fully saturated rings. The van der Waals surface area contributed by atoms with Gasteiger partial charge in [-0.1, -0.05) is 11.6 Å². The Morgan fingerprint density at radius 3 is 2.58 bits per heavy atom. The van der Waals surface area contributed by atoms with Crippen LogP contribution in [0.15, 0.2) is 23.1 Å². The lowest BCUT2D eigenvalue weighted by Gasteiger charge is -2.12. The van der Waals surface area contributed by atoms with Crippen LogP contribution in [-0.2, 0) is 10.0 Å². The third-order valence-electron chi connectivity index (χ3n) is 2.86. The fourth-order valence-corrected chi connectivity index (χ4v) is 3.40. The van der Waals surface area contributed by atoms with E-state index in [1.807, 2.05) is 12.1 Å². The Kier molecular flexibility index (Phi) is 3.77. The van der Waals surface area contributed by atoms with Gasteiger partial charge in [-0.3, -0.25) is 0 Å². The minimum absolute atomic E-state index is 0.0268. The monoisotopic (exact) mass is 295 g/mol. The van der Waals surface area contributed by atoms with Crippen LogP contribution < -0.4 is 4.72 Å². The molecule has 0 heterocycles. The van der Waals surface area contributed by atoms with E-state index in [4.69, 9.17) is 22.1 Å². The summed E-state index contributed by atoms with van der Waals surface area (Å²) in [6.07, 6.45) is 1.68. The second-order valence-corrected chi connectivity index (χ2v) is 6.41. The van der Waals surface area contributed by atoms with Crippen molar-refractivity contribution in [3.05, 3.63) is 28.8 Å². The Morgan fingerprint density at radius 2 is 2.05 bits per heavy atom. The van der Waals surface area contributed by atoms with Crippen LogP contribution in [0.2, 0.25) is 5.02 Å². The van der Waals surface area contributed by atoms with Gasteiger partial charge >= 0.3 is 0 Å². The van der Waals surface area contributed by atoms with Crippen LogP contribution >= 0.6 is 11.6 Å². The summed E-state index contributed by atoms with van der Waals surface area (Å²) in [6.45, 7) is 0. The molecule has 0 bridgehead atoms. The quantitative estimate of drug-likeness (QED) is 0.916. The van der Waals surface area contributed by atoms with Crippen LogP contribution in [0.5, 0.6) is 0 Å². The van der Waals surface area contributed by atoms with Gasteiger partial charge in [-0.15, -0.1) is 0 Å². The van der Waals surface area contributed by atoms with Gasteiger partial charge in [0.15, 0.2) is 0 Å². The van der Waals surface area contributed by atoms with E-state index in [1.54, 1.807) is 0 Å². The summed E-state index contributed by atoms with van der Waals surface area (Å²) < 4.78 is 26.7. The third kappa shape index (κ3) is 3.05. The summed E-state index contributed by atoms with van der Waals surface area (Å²) in [5.74, 6) is 0.0673. The van der Waals surface area contributed by atoms with Crippen molar-refractivity contribution in [1.29, 1.82) is 10.5 Å². The molecular weight excluding hydrogens is 286 g/mol. The summed E-state index contributed by atoms with van der Waals surface area (Å²) in [5, 5.41) is 17.8. The molecular formula is C12H10ClN3O2S. The predicted octanol–water partition coefficient (Wildman–Crippen LogP) is 1.79. The van der Waals surface area contributed by atoms with Gasteiger partial charge in [-0.25, -0.2) is 8.42 Å². The molecule has 0 amide bonds. The molecule has 1 aromatic carbocycles. The van der Waals surface area contributed by atoms with Crippen molar-refractivity contribution in [2.75, 3.05) is 0 Å². The van der Waals surface area contributed by atoms with Crippen molar-refractivity contribution in [1.82, 2.24) is 4.72 Å². The molecule has 5 nitrogen and oxygen atoms in total. The van der Waals surface area contributed by atoms with Gasteiger partial charge in [0, 0.05) is 0 Å². The van der Waals surface area contributed by atoms with E-state index in [-0.39, 0.29) is 21.4 Å². The second-order valence-electron chi connectivity index (χ2n) is 4.32. The fourth-order valence-electron chi connectivity index (χ4n) is 1.67. The van der Waals surface area contributed by atoms with E-state index in [2.05, 4.69) is 4.72 Å². The maximum Gasteiger partial charge on any atom is 0.243 e. The molecule has 19 heavy (non-hydrogen) atoms. The zero-order valence-corrected chi connectivity index (χ0v) is 11.4. The van der Waals surface area contributed by atoms with Gasteiger partial charge in [-0.2, -0.15) is 15.2 Å². The van der Waals surface area contributed by atoms with Crippen LogP contribution in [0, 0.1) is 28.6 Å². The molecule has 1 atom stereocenters. The highest BCUT2D eigenvalue weighted by atomic mass is 35.5. The van der Waals surface area contributed by atoms with Crippen molar-refractivity contribution in [2.45, 2.75) is 23.8 Å².